The molecule has 1 aliphatic rings. The van der Waals surface area contributed by atoms with Crippen molar-refractivity contribution in [2.24, 2.45) is 11.7 Å². The number of carbonyl (C=O) groups excluding carboxylic acids is 1. The van der Waals surface area contributed by atoms with Crippen LogP contribution in [0.1, 0.15) is 37.7 Å². The molecule has 25 heavy (non-hydrogen) atoms. The summed E-state index contributed by atoms with van der Waals surface area (Å²) in [6.45, 7) is 1.16. The molecule has 1 amide bonds. The molecule has 1 saturated carbocycles. The van der Waals surface area contributed by atoms with E-state index < -0.39 is 12.3 Å². The van der Waals surface area contributed by atoms with Crippen LogP contribution in [-0.4, -0.2) is 50.4 Å². The fourth-order valence-corrected chi connectivity index (χ4v) is 3.55. The van der Waals surface area contributed by atoms with E-state index in [-0.39, 0.29) is 5.91 Å². The number of nitrogens with two attached hydrogens (primary N) is 1. The van der Waals surface area contributed by atoms with E-state index in [2.05, 4.69) is 0 Å². The Labute approximate surface area is 151 Å². The summed E-state index contributed by atoms with van der Waals surface area (Å²) in [5.41, 5.74) is 7.32. The topological polar surface area (TPSA) is 64.8 Å². The Bertz CT molecular complexity index is 499. The van der Waals surface area contributed by atoms with Crippen molar-refractivity contribution in [2.45, 2.75) is 50.9 Å². The summed E-state index contributed by atoms with van der Waals surface area (Å²) in [6.07, 6.45) is 6.30. The van der Waals surface area contributed by atoms with Gasteiger partial charge in [0.05, 0.1) is 12.6 Å². The number of nitrogens with zero attached hydrogens (tertiary/aromatic N) is 1. The molecule has 5 heteroatoms. The van der Waals surface area contributed by atoms with Gasteiger partial charge in [0.15, 0.2) is 6.29 Å². The van der Waals surface area contributed by atoms with Gasteiger partial charge < -0.3 is 20.1 Å². The van der Waals surface area contributed by atoms with Crippen LogP contribution < -0.4 is 5.73 Å². The molecule has 0 aromatic heterocycles. The first-order valence-electron chi connectivity index (χ1n) is 9.28. The van der Waals surface area contributed by atoms with Crippen LogP contribution >= 0.6 is 0 Å². The maximum Gasteiger partial charge on any atom is 0.240 e. The van der Waals surface area contributed by atoms with Crippen molar-refractivity contribution in [2.75, 3.05) is 27.3 Å². The number of hydrogen-bond donors (Lipinski definition) is 1. The molecule has 2 N–H and O–H groups in total. The number of rotatable bonds is 9. The summed E-state index contributed by atoms with van der Waals surface area (Å²) in [4.78, 5) is 14.8. The molecule has 0 bridgehead atoms. The molecule has 0 unspecified atom stereocenters. The minimum absolute atomic E-state index is 0.0199. The second-order valence-electron chi connectivity index (χ2n) is 6.94. The van der Waals surface area contributed by atoms with Crippen LogP contribution in [0.5, 0.6) is 0 Å². The highest BCUT2D eigenvalue weighted by molar-refractivity contribution is 5.82. The first-order chi connectivity index (χ1) is 12.1. The van der Waals surface area contributed by atoms with E-state index >= 15 is 0 Å². The van der Waals surface area contributed by atoms with Gasteiger partial charge in [-0.15, -0.1) is 0 Å². The number of benzene rings is 1. The fourth-order valence-electron chi connectivity index (χ4n) is 3.55. The van der Waals surface area contributed by atoms with E-state index in [0.29, 0.717) is 18.9 Å². The van der Waals surface area contributed by atoms with Gasteiger partial charge in [-0.05, 0) is 30.7 Å². The summed E-state index contributed by atoms with van der Waals surface area (Å²) in [7, 11) is 3.20. The van der Waals surface area contributed by atoms with Gasteiger partial charge in [-0.25, -0.2) is 0 Å². The van der Waals surface area contributed by atoms with Crippen LogP contribution in [0.3, 0.4) is 0 Å². The molecule has 5 nitrogen and oxygen atoms in total. The van der Waals surface area contributed by atoms with Crippen LogP contribution in [-0.2, 0) is 20.7 Å². The van der Waals surface area contributed by atoms with Crippen LogP contribution in [0.2, 0.25) is 0 Å². The molecule has 0 radical (unpaired) electrons. The van der Waals surface area contributed by atoms with Crippen molar-refractivity contribution in [1.82, 2.24) is 4.90 Å². The van der Waals surface area contributed by atoms with Gasteiger partial charge in [-0.1, -0.05) is 49.6 Å². The highest BCUT2D eigenvalue weighted by Gasteiger charge is 2.27. The van der Waals surface area contributed by atoms with Crippen molar-refractivity contribution >= 4 is 5.91 Å². The Kier molecular flexibility index (Phi) is 8.38. The molecule has 140 valence electrons. The summed E-state index contributed by atoms with van der Waals surface area (Å²) in [5.74, 6) is 0.532. The van der Waals surface area contributed by atoms with E-state index in [4.69, 9.17) is 15.2 Å². The van der Waals surface area contributed by atoms with Crippen molar-refractivity contribution in [3.8, 4) is 0 Å². The smallest absolute Gasteiger partial charge is 0.240 e. The normalized spacial score (nSPS) is 16.8. The molecule has 1 atom stereocenters. The summed E-state index contributed by atoms with van der Waals surface area (Å²) in [6, 6.07) is 9.38. The molecule has 1 aromatic rings. The van der Waals surface area contributed by atoms with Crippen molar-refractivity contribution < 1.29 is 14.3 Å². The zero-order chi connectivity index (χ0) is 18.1. The summed E-state index contributed by atoms with van der Waals surface area (Å²) >= 11 is 0. The fraction of sp³-hybridized carbons (Fsp3) is 0.650. The Hall–Kier alpha value is -1.43. The zero-order valence-electron chi connectivity index (χ0n) is 15.5. The third kappa shape index (κ3) is 6.42. The third-order valence-corrected chi connectivity index (χ3v) is 5.03. The Morgan fingerprint density at radius 2 is 1.80 bits per heavy atom. The molecular weight excluding hydrogens is 316 g/mol. The molecule has 0 heterocycles. The molecule has 1 fully saturated rings. The number of hydrogen-bond acceptors (Lipinski definition) is 4. The van der Waals surface area contributed by atoms with Crippen LogP contribution in [0, 0.1) is 5.92 Å². The molecule has 2 rings (SSSR count). The average Bonchev–Trinajstić information content (AvgIpc) is 2.66. The number of ether oxygens (including phenoxy) is 2. The molecule has 1 aromatic carbocycles. The van der Waals surface area contributed by atoms with Gasteiger partial charge in [-0.2, -0.15) is 0 Å². The lowest BCUT2D eigenvalue weighted by atomic mass is 9.88. The number of amides is 1. The lowest BCUT2D eigenvalue weighted by Gasteiger charge is -2.33. The predicted molar refractivity (Wildman–Crippen MR) is 99.1 cm³/mol. The minimum Gasteiger partial charge on any atom is -0.354 e. The van der Waals surface area contributed by atoms with Crippen molar-refractivity contribution in [3.63, 3.8) is 0 Å². The minimum atomic E-state index is -0.541. The van der Waals surface area contributed by atoms with Gasteiger partial charge in [0, 0.05) is 20.8 Å². The maximum atomic E-state index is 13.0. The van der Waals surface area contributed by atoms with Crippen LogP contribution in [0.25, 0.3) is 0 Å². The highest BCUT2D eigenvalue weighted by atomic mass is 16.7. The largest absolute Gasteiger partial charge is 0.354 e. The highest BCUT2D eigenvalue weighted by Crippen LogP contribution is 2.25. The van der Waals surface area contributed by atoms with E-state index in [1.165, 1.54) is 32.1 Å². The molecule has 0 aliphatic heterocycles. The maximum absolute atomic E-state index is 13.0. The third-order valence-electron chi connectivity index (χ3n) is 5.03. The molecular formula is C20H32N2O3. The summed E-state index contributed by atoms with van der Waals surface area (Å²) in [5, 5.41) is 0. The number of methoxy groups -OCH3 is 2. The van der Waals surface area contributed by atoms with E-state index in [1.807, 2.05) is 35.2 Å². The van der Waals surface area contributed by atoms with Gasteiger partial charge >= 0.3 is 0 Å². The average molecular weight is 348 g/mol. The van der Waals surface area contributed by atoms with Gasteiger partial charge in [0.1, 0.15) is 0 Å². The second-order valence-corrected chi connectivity index (χ2v) is 6.94. The van der Waals surface area contributed by atoms with Crippen LogP contribution in [0.15, 0.2) is 30.3 Å². The van der Waals surface area contributed by atoms with Crippen LogP contribution in [0.4, 0.5) is 0 Å². The SMILES string of the molecule is COC(CN(CC1CCCCC1)C(=O)[C@@H](N)Cc1ccccc1)OC. The molecule has 1 aliphatic carbocycles. The van der Waals surface area contributed by atoms with Gasteiger partial charge in [0.25, 0.3) is 0 Å². The Balaban J connectivity index is 2.01. The Morgan fingerprint density at radius 1 is 1.16 bits per heavy atom. The van der Waals surface area contributed by atoms with Gasteiger partial charge in [-0.3, -0.25) is 4.79 Å². The van der Waals surface area contributed by atoms with E-state index in [9.17, 15) is 4.79 Å². The molecule has 0 saturated heterocycles. The lowest BCUT2D eigenvalue weighted by Crippen LogP contribution is -2.49. The second kappa shape index (κ2) is 10.5. The van der Waals surface area contributed by atoms with Gasteiger partial charge in [0.2, 0.25) is 5.91 Å². The van der Waals surface area contributed by atoms with Crippen molar-refractivity contribution in [3.05, 3.63) is 35.9 Å². The first-order valence-corrected chi connectivity index (χ1v) is 9.28. The predicted octanol–water partition coefficient (Wildman–Crippen LogP) is 2.58. The zero-order valence-corrected chi connectivity index (χ0v) is 15.5. The van der Waals surface area contributed by atoms with E-state index in [1.54, 1.807) is 14.2 Å². The number of carbonyl (C=O) groups is 1. The monoisotopic (exact) mass is 348 g/mol. The lowest BCUT2D eigenvalue weighted by molar-refractivity contribution is -0.147. The van der Waals surface area contributed by atoms with Crippen molar-refractivity contribution in [1.29, 1.82) is 0 Å². The van der Waals surface area contributed by atoms with E-state index in [0.717, 1.165) is 12.1 Å². The first kappa shape index (κ1) is 19.9. The Morgan fingerprint density at radius 3 is 2.40 bits per heavy atom. The standard InChI is InChI=1S/C20H32N2O3/c1-24-19(25-2)15-22(14-17-11-7-4-8-12-17)20(23)18(21)13-16-9-5-3-6-10-16/h3,5-6,9-10,17-19H,4,7-8,11-15,21H2,1-2H3/t18-/m0/s1. The quantitative estimate of drug-likeness (QED) is 0.697. The molecule has 0 spiro atoms. The summed E-state index contributed by atoms with van der Waals surface area (Å²) < 4.78 is 10.6.